The zero-order valence-corrected chi connectivity index (χ0v) is 19.5. The molecule has 0 fully saturated rings. The molecule has 0 radical (unpaired) electrons. The van der Waals surface area contributed by atoms with Gasteiger partial charge >= 0.3 is 0 Å². The highest BCUT2D eigenvalue weighted by atomic mass is 35.5. The van der Waals surface area contributed by atoms with E-state index < -0.39 is 0 Å². The molecule has 30 heavy (non-hydrogen) atoms. The summed E-state index contributed by atoms with van der Waals surface area (Å²) >= 11 is 6.37. The second-order valence-electron chi connectivity index (χ2n) is 8.25. The number of benzene rings is 2. The molecule has 3 heteroatoms. The van der Waals surface area contributed by atoms with Gasteiger partial charge < -0.3 is 5.11 Å². The van der Waals surface area contributed by atoms with Gasteiger partial charge in [-0.05, 0) is 30.5 Å². The number of phenols is 1. The van der Waals surface area contributed by atoms with E-state index in [1.807, 2.05) is 6.07 Å². The molecule has 2 nitrogen and oxygen atoms in total. The Bertz CT molecular complexity index is 757. The van der Waals surface area contributed by atoms with Crippen LogP contribution in [0.4, 0.5) is 5.69 Å². The van der Waals surface area contributed by atoms with Crippen molar-refractivity contribution in [1.29, 1.82) is 0 Å². The van der Waals surface area contributed by atoms with Crippen molar-refractivity contribution in [3.05, 3.63) is 59.1 Å². The third-order valence-electron chi connectivity index (χ3n) is 5.67. The molecular weight excluding hydrogens is 390 g/mol. The maximum Gasteiger partial charge on any atom is 0.117 e. The van der Waals surface area contributed by atoms with Gasteiger partial charge in [-0.3, -0.25) is 4.99 Å². The van der Waals surface area contributed by atoms with Gasteiger partial charge in [-0.25, -0.2) is 0 Å². The first-order valence-corrected chi connectivity index (χ1v) is 12.2. The molecule has 0 saturated heterocycles. The lowest BCUT2D eigenvalue weighted by Gasteiger charge is -2.20. The number of unbranched alkanes of at least 4 members (excludes halogenated alkanes) is 7. The van der Waals surface area contributed by atoms with Crippen LogP contribution in [0.25, 0.3) is 0 Å². The molecule has 0 aliphatic rings. The van der Waals surface area contributed by atoms with Gasteiger partial charge in [0, 0.05) is 12.0 Å². The maximum atomic E-state index is 9.68. The van der Waals surface area contributed by atoms with Gasteiger partial charge in [-0.15, -0.1) is 0 Å². The highest BCUT2D eigenvalue weighted by molar-refractivity contribution is 6.33. The number of aromatic hydroxyl groups is 1. The first-order valence-electron chi connectivity index (χ1n) is 11.8. The molecule has 0 aliphatic carbocycles. The Morgan fingerprint density at radius 2 is 1.50 bits per heavy atom. The lowest BCUT2D eigenvalue weighted by atomic mass is 9.87. The van der Waals surface area contributed by atoms with E-state index >= 15 is 0 Å². The Kier molecular flexibility index (Phi) is 11.6. The molecule has 0 saturated carbocycles. The summed E-state index contributed by atoms with van der Waals surface area (Å²) in [6.45, 7) is 4.52. The zero-order valence-electron chi connectivity index (χ0n) is 18.7. The smallest absolute Gasteiger partial charge is 0.117 e. The van der Waals surface area contributed by atoms with Gasteiger partial charge in [0.2, 0.25) is 0 Å². The average Bonchev–Trinajstić information content (AvgIpc) is 2.75. The van der Waals surface area contributed by atoms with E-state index in [1.54, 1.807) is 18.2 Å². The minimum absolute atomic E-state index is 0.171. The molecule has 2 aromatic rings. The van der Waals surface area contributed by atoms with Crippen LogP contribution in [-0.2, 0) is 0 Å². The minimum Gasteiger partial charge on any atom is -0.508 e. The van der Waals surface area contributed by atoms with Crippen molar-refractivity contribution in [2.45, 2.75) is 84.5 Å². The van der Waals surface area contributed by atoms with E-state index in [-0.39, 0.29) is 5.75 Å². The van der Waals surface area contributed by atoms with Gasteiger partial charge in [-0.1, -0.05) is 114 Å². The highest BCUT2D eigenvalue weighted by Crippen LogP contribution is 2.31. The molecule has 2 aromatic carbocycles. The van der Waals surface area contributed by atoms with Crippen LogP contribution in [0.3, 0.4) is 0 Å². The van der Waals surface area contributed by atoms with Crippen molar-refractivity contribution in [1.82, 2.24) is 0 Å². The molecule has 0 aromatic heterocycles. The van der Waals surface area contributed by atoms with Crippen LogP contribution in [0, 0.1) is 5.92 Å². The number of nitrogens with zero attached hydrogens (tertiary/aromatic N) is 1. The Morgan fingerprint density at radius 1 is 0.833 bits per heavy atom. The fourth-order valence-electron chi connectivity index (χ4n) is 4.01. The number of phenolic OH excluding ortho intramolecular Hbond substituents is 1. The topological polar surface area (TPSA) is 32.6 Å². The monoisotopic (exact) mass is 427 g/mol. The number of aliphatic imine (C=N–C) groups is 1. The van der Waals surface area contributed by atoms with Crippen LogP contribution in [0.15, 0.2) is 53.5 Å². The van der Waals surface area contributed by atoms with E-state index in [0.29, 0.717) is 10.9 Å². The van der Waals surface area contributed by atoms with Crippen molar-refractivity contribution >= 4 is 23.0 Å². The molecule has 0 spiro atoms. The van der Waals surface area contributed by atoms with Crippen LogP contribution in [0.2, 0.25) is 5.02 Å². The average molecular weight is 428 g/mol. The quantitative estimate of drug-likeness (QED) is 0.236. The van der Waals surface area contributed by atoms with E-state index in [4.69, 9.17) is 16.6 Å². The number of hydrogen-bond donors (Lipinski definition) is 1. The summed E-state index contributed by atoms with van der Waals surface area (Å²) < 4.78 is 0. The van der Waals surface area contributed by atoms with E-state index in [1.165, 1.54) is 56.9 Å². The molecule has 0 amide bonds. The third-order valence-corrected chi connectivity index (χ3v) is 5.97. The Labute approximate surface area is 188 Å². The minimum atomic E-state index is 0.171. The van der Waals surface area contributed by atoms with Crippen LogP contribution in [-0.4, -0.2) is 10.8 Å². The molecule has 0 heterocycles. The summed E-state index contributed by atoms with van der Waals surface area (Å²) in [5, 5.41) is 10.2. The van der Waals surface area contributed by atoms with Crippen molar-refractivity contribution in [2.75, 3.05) is 0 Å². The Morgan fingerprint density at radius 3 is 2.13 bits per heavy atom. The van der Waals surface area contributed by atoms with Crippen LogP contribution in [0.1, 0.15) is 90.0 Å². The summed E-state index contributed by atoms with van der Waals surface area (Å²) in [4.78, 5) is 5.01. The first-order chi connectivity index (χ1) is 14.7. The SMILES string of the molecule is CCCCCCCCCCC(CCC)C(=Nc1ccc(O)cc1Cl)c1ccccc1. The van der Waals surface area contributed by atoms with Crippen molar-refractivity contribution in [2.24, 2.45) is 10.9 Å². The van der Waals surface area contributed by atoms with Gasteiger partial charge in [-0.2, -0.15) is 0 Å². The second-order valence-corrected chi connectivity index (χ2v) is 8.66. The van der Waals surface area contributed by atoms with Crippen LogP contribution in [0.5, 0.6) is 5.75 Å². The molecule has 0 bridgehead atoms. The van der Waals surface area contributed by atoms with Gasteiger partial charge in [0.25, 0.3) is 0 Å². The number of hydrogen-bond acceptors (Lipinski definition) is 2. The fourth-order valence-corrected chi connectivity index (χ4v) is 4.22. The molecular formula is C27H38ClNO. The van der Waals surface area contributed by atoms with Gasteiger partial charge in [0.05, 0.1) is 16.4 Å². The van der Waals surface area contributed by atoms with Gasteiger partial charge in [0.15, 0.2) is 0 Å². The normalized spacial score (nSPS) is 12.8. The Hall–Kier alpha value is -1.80. The highest BCUT2D eigenvalue weighted by Gasteiger charge is 2.18. The lowest BCUT2D eigenvalue weighted by Crippen LogP contribution is -2.16. The number of rotatable bonds is 14. The summed E-state index contributed by atoms with van der Waals surface area (Å²) in [6.07, 6.45) is 14.1. The fraction of sp³-hybridized carbons (Fsp3) is 0.519. The zero-order chi connectivity index (χ0) is 21.6. The molecule has 1 atom stereocenters. The van der Waals surface area contributed by atoms with E-state index in [2.05, 4.69) is 38.1 Å². The van der Waals surface area contributed by atoms with E-state index in [9.17, 15) is 5.11 Å². The van der Waals surface area contributed by atoms with Crippen molar-refractivity contribution in [3.63, 3.8) is 0 Å². The first kappa shape index (κ1) is 24.5. The van der Waals surface area contributed by atoms with Crippen molar-refractivity contribution < 1.29 is 5.11 Å². The van der Waals surface area contributed by atoms with Crippen LogP contribution >= 0.6 is 11.6 Å². The predicted octanol–water partition coefficient (Wildman–Crippen LogP) is 9.11. The third kappa shape index (κ3) is 8.52. The molecule has 0 aliphatic heterocycles. The Balaban J connectivity index is 2.10. The molecule has 2 rings (SSSR count). The maximum absolute atomic E-state index is 9.68. The van der Waals surface area contributed by atoms with E-state index in [0.717, 1.165) is 30.7 Å². The molecule has 164 valence electrons. The molecule has 1 N–H and O–H groups in total. The number of halogens is 1. The summed E-state index contributed by atoms with van der Waals surface area (Å²) in [7, 11) is 0. The molecule has 1 unspecified atom stereocenters. The van der Waals surface area contributed by atoms with Gasteiger partial charge in [0.1, 0.15) is 5.75 Å². The summed E-state index contributed by atoms with van der Waals surface area (Å²) in [6, 6.07) is 15.5. The van der Waals surface area contributed by atoms with Crippen molar-refractivity contribution in [3.8, 4) is 5.75 Å². The standard InChI is InChI=1S/C27H38ClNO/c1-3-5-6-7-8-9-10-12-16-22(15-4-2)27(23-17-13-11-14-18-23)29-26-20-19-24(30)21-25(26)28/h11,13-14,17-22,30H,3-10,12,15-16H2,1-2H3. The summed E-state index contributed by atoms with van der Waals surface area (Å²) in [5.41, 5.74) is 3.01. The second kappa shape index (κ2) is 14.2. The largest absolute Gasteiger partial charge is 0.508 e. The lowest BCUT2D eigenvalue weighted by molar-refractivity contribution is 0.475. The summed E-state index contributed by atoms with van der Waals surface area (Å²) in [5.74, 6) is 0.589. The van der Waals surface area contributed by atoms with Crippen LogP contribution < -0.4 is 0 Å². The predicted molar refractivity (Wildman–Crippen MR) is 131 cm³/mol.